The minimum atomic E-state index is 0. The largest absolute Gasteiger partial charge is 0.493 e. The number of halogens is 2. The van der Waals surface area contributed by atoms with Gasteiger partial charge in [0, 0.05) is 13.1 Å². The van der Waals surface area contributed by atoms with Crippen LogP contribution in [0.25, 0.3) is 0 Å². The maximum Gasteiger partial charge on any atom is 0.175 e. The van der Waals surface area contributed by atoms with Crippen LogP contribution in [-0.2, 0) is 6.54 Å². The highest BCUT2D eigenvalue weighted by Crippen LogP contribution is 2.38. The molecule has 1 aromatic rings. The van der Waals surface area contributed by atoms with Gasteiger partial charge >= 0.3 is 0 Å². The Kier molecular flexibility index (Phi) is 8.14. The summed E-state index contributed by atoms with van der Waals surface area (Å²) in [4.78, 5) is 2.46. The molecule has 0 spiro atoms. The second-order valence-corrected chi connectivity index (χ2v) is 7.29. The van der Waals surface area contributed by atoms with Gasteiger partial charge in [0.1, 0.15) is 0 Å². The summed E-state index contributed by atoms with van der Waals surface area (Å²) in [6.45, 7) is 8.87. The summed E-state index contributed by atoms with van der Waals surface area (Å²) in [6.07, 6.45) is 2.14. The van der Waals surface area contributed by atoms with Crippen LogP contribution in [0.4, 0.5) is 0 Å². The first-order valence-corrected chi connectivity index (χ1v) is 8.72. The zero-order valence-electron chi connectivity index (χ0n) is 14.2. The molecule has 1 saturated heterocycles. The number of methoxy groups -OCH3 is 1. The van der Waals surface area contributed by atoms with Crippen molar-refractivity contribution in [2.45, 2.75) is 33.2 Å². The van der Waals surface area contributed by atoms with Crippen molar-refractivity contribution in [3.8, 4) is 11.5 Å². The van der Waals surface area contributed by atoms with Crippen molar-refractivity contribution in [2.75, 3.05) is 33.4 Å². The number of hydrogen-bond acceptors (Lipinski definition) is 4. The van der Waals surface area contributed by atoms with E-state index in [0.29, 0.717) is 6.61 Å². The summed E-state index contributed by atoms with van der Waals surface area (Å²) < 4.78 is 12.2. The second-order valence-electron chi connectivity index (χ2n) is 6.43. The Bertz CT molecular complexity index is 516. The molecule has 1 fully saturated rings. The van der Waals surface area contributed by atoms with Gasteiger partial charge < -0.3 is 15.2 Å². The summed E-state index contributed by atoms with van der Waals surface area (Å²) in [5.74, 6) is 1.58. The first-order chi connectivity index (χ1) is 10.5. The van der Waals surface area contributed by atoms with Crippen molar-refractivity contribution in [2.24, 2.45) is 11.1 Å². The SMILES string of the molecule is CCCOc1c(Br)cc(CN2CCC(C)(CN)C2)cc1OC.Cl. The van der Waals surface area contributed by atoms with Gasteiger partial charge in [-0.25, -0.2) is 0 Å². The number of ether oxygens (including phenoxy) is 2. The highest BCUT2D eigenvalue weighted by molar-refractivity contribution is 9.10. The van der Waals surface area contributed by atoms with Gasteiger partial charge in [0.2, 0.25) is 0 Å². The predicted molar refractivity (Wildman–Crippen MR) is 101 cm³/mol. The zero-order chi connectivity index (χ0) is 16.2. The normalized spacial score (nSPS) is 21.1. The fraction of sp³-hybridized carbons (Fsp3) is 0.647. The summed E-state index contributed by atoms with van der Waals surface area (Å²) in [5.41, 5.74) is 7.37. The molecule has 1 aliphatic rings. The molecule has 6 heteroatoms. The van der Waals surface area contributed by atoms with Crippen LogP contribution in [0.3, 0.4) is 0 Å². The molecule has 0 saturated carbocycles. The summed E-state index contributed by atoms with van der Waals surface area (Å²) in [7, 11) is 1.69. The van der Waals surface area contributed by atoms with E-state index < -0.39 is 0 Å². The van der Waals surface area contributed by atoms with E-state index in [1.54, 1.807) is 7.11 Å². The molecule has 0 aromatic heterocycles. The number of likely N-dealkylation sites (tertiary alicyclic amines) is 1. The van der Waals surface area contributed by atoms with Crippen LogP contribution in [-0.4, -0.2) is 38.3 Å². The standard InChI is InChI=1S/C17H27BrN2O2.ClH/c1-4-7-22-16-14(18)8-13(9-15(16)21-3)10-20-6-5-17(2,11-19)12-20;/h8-9H,4-7,10-12,19H2,1-3H3;1H. The minimum Gasteiger partial charge on any atom is -0.493 e. The van der Waals surface area contributed by atoms with E-state index in [1.165, 1.54) is 12.0 Å². The third-order valence-electron chi connectivity index (χ3n) is 4.28. The first kappa shape index (κ1) is 20.6. The molecular formula is C17H28BrClN2O2. The Balaban J connectivity index is 0.00000264. The Morgan fingerprint density at radius 3 is 2.70 bits per heavy atom. The lowest BCUT2D eigenvalue weighted by atomic mass is 9.90. The Hall–Kier alpha value is -0.490. The fourth-order valence-corrected chi connectivity index (χ4v) is 3.50. The predicted octanol–water partition coefficient (Wildman–Crippen LogP) is 3.84. The van der Waals surface area contributed by atoms with E-state index in [-0.39, 0.29) is 17.8 Å². The number of benzene rings is 1. The monoisotopic (exact) mass is 406 g/mol. The quantitative estimate of drug-likeness (QED) is 0.746. The van der Waals surface area contributed by atoms with Crippen molar-refractivity contribution in [3.05, 3.63) is 22.2 Å². The van der Waals surface area contributed by atoms with E-state index in [2.05, 4.69) is 46.8 Å². The average molecular weight is 408 g/mol. The van der Waals surface area contributed by atoms with Gasteiger partial charge in [0.15, 0.2) is 11.5 Å². The van der Waals surface area contributed by atoms with Crippen molar-refractivity contribution in [1.82, 2.24) is 4.90 Å². The van der Waals surface area contributed by atoms with Gasteiger partial charge in [-0.1, -0.05) is 13.8 Å². The van der Waals surface area contributed by atoms with Gasteiger partial charge in [-0.3, -0.25) is 4.90 Å². The molecule has 1 aliphatic heterocycles. The van der Waals surface area contributed by atoms with Crippen LogP contribution in [0.2, 0.25) is 0 Å². The van der Waals surface area contributed by atoms with Gasteiger partial charge in [-0.05, 0) is 65.0 Å². The maximum absolute atomic E-state index is 5.89. The van der Waals surface area contributed by atoms with Crippen LogP contribution < -0.4 is 15.2 Å². The summed E-state index contributed by atoms with van der Waals surface area (Å²) in [6, 6.07) is 4.21. The zero-order valence-corrected chi connectivity index (χ0v) is 16.6. The topological polar surface area (TPSA) is 47.7 Å². The van der Waals surface area contributed by atoms with Crippen LogP contribution >= 0.6 is 28.3 Å². The van der Waals surface area contributed by atoms with E-state index in [4.69, 9.17) is 15.2 Å². The molecular weight excluding hydrogens is 380 g/mol. The molecule has 0 amide bonds. The molecule has 0 radical (unpaired) electrons. The van der Waals surface area contributed by atoms with Crippen LogP contribution in [0.1, 0.15) is 32.3 Å². The lowest BCUT2D eigenvalue weighted by Gasteiger charge is -2.23. The van der Waals surface area contributed by atoms with Crippen molar-refractivity contribution >= 4 is 28.3 Å². The molecule has 2 N–H and O–H groups in total. The van der Waals surface area contributed by atoms with E-state index in [9.17, 15) is 0 Å². The molecule has 2 rings (SSSR count). The minimum absolute atomic E-state index is 0. The highest BCUT2D eigenvalue weighted by Gasteiger charge is 2.32. The first-order valence-electron chi connectivity index (χ1n) is 7.93. The molecule has 1 heterocycles. The number of nitrogens with two attached hydrogens (primary N) is 1. The summed E-state index contributed by atoms with van der Waals surface area (Å²) >= 11 is 3.61. The third-order valence-corrected chi connectivity index (χ3v) is 4.86. The fourth-order valence-electron chi connectivity index (χ4n) is 2.89. The molecule has 132 valence electrons. The average Bonchev–Trinajstić information content (AvgIpc) is 2.87. The van der Waals surface area contributed by atoms with Crippen molar-refractivity contribution in [3.63, 3.8) is 0 Å². The number of rotatable bonds is 7. The third kappa shape index (κ3) is 5.24. The number of nitrogens with zero attached hydrogens (tertiary/aromatic N) is 1. The van der Waals surface area contributed by atoms with Gasteiger partial charge in [0.25, 0.3) is 0 Å². The number of hydrogen-bond donors (Lipinski definition) is 1. The smallest absolute Gasteiger partial charge is 0.175 e. The lowest BCUT2D eigenvalue weighted by Crippen LogP contribution is -2.31. The highest BCUT2D eigenvalue weighted by atomic mass is 79.9. The van der Waals surface area contributed by atoms with Crippen molar-refractivity contribution in [1.29, 1.82) is 0 Å². The molecule has 1 aromatic carbocycles. The summed E-state index contributed by atoms with van der Waals surface area (Å²) in [5, 5.41) is 0. The van der Waals surface area contributed by atoms with Crippen LogP contribution in [0.5, 0.6) is 11.5 Å². The van der Waals surface area contributed by atoms with Gasteiger partial charge in [-0.15, -0.1) is 12.4 Å². The second kappa shape index (κ2) is 9.11. The maximum atomic E-state index is 5.89. The Morgan fingerprint density at radius 2 is 2.13 bits per heavy atom. The van der Waals surface area contributed by atoms with Crippen molar-refractivity contribution < 1.29 is 9.47 Å². The van der Waals surface area contributed by atoms with E-state index in [0.717, 1.165) is 48.6 Å². The van der Waals surface area contributed by atoms with Gasteiger partial charge in [-0.2, -0.15) is 0 Å². The Morgan fingerprint density at radius 1 is 1.39 bits per heavy atom. The lowest BCUT2D eigenvalue weighted by molar-refractivity contribution is 0.272. The van der Waals surface area contributed by atoms with Crippen LogP contribution in [0.15, 0.2) is 16.6 Å². The molecule has 23 heavy (non-hydrogen) atoms. The molecule has 0 bridgehead atoms. The molecule has 0 aliphatic carbocycles. The molecule has 1 unspecified atom stereocenters. The Labute approximate surface area is 154 Å². The van der Waals surface area contributed by atoms with Crippen LogP contribution in [0, 0.1) is 5.41 Å². The molecule has 1 atom stereocenters. The van der Waals surface area contributed by atoms with E-state index in [1.807, 2.05) is 0 Å². The van der Waals surface area contributed by atoms with E-state index >= 15 is 0 Å². The van der Waals surface area contributed by atoms with Gasteiger partial charge in [0.05, 0.1) is 18.2 Å². The molecule has 4 nitrogen and oxygen atoms in total.